The highest BCUT2D eigenvalue weighted by Crippen LogP contribution is 2.25. The summed E-state index contributed by atoms with van der Waals surface area (Å²) < 4.78 is 0. The van der Waals surface area contributed by atoms with E-state index in [1.165, 1.54) is 0 Å². The van der Waals surface area contributed by atoms with Crippen molar-refractivity contribution in [2.24, 2.45) is 5.92 Å². The minimum absolute atomic E-state index is 0.281. The molecule has 1 fully saturated rings. The topological polar surface area (TPSA) is 66.3 Å². The van der Waals surface area contributed by atoms with Crippen LogP contribution in [0.2, 0.25) is 0 Å². The van der Waals surface area contributed by atoms with Crippen LogP contribution in [0.15, 0.2) is 6.07 Å². The lowest BCUT2D eigenvalue weighted by Gasteiger charge is -2.32. The lowest BCUT2D eigenvalue weighted by molar-refractivity contribution is -0.137. The fraction of sp³-hybridized carbons (Fsp3) is 0.688. The van der Waals surface area contributed by atoms with Gasteiger partial charge in [0.15, 0.2) is 0 Å². The summed E-state index contributed by atoms with van der Waals surface area (Å²) in [7, 11) is 0. The van der Waals surface area contributed by atoms with Crippen LogP contribution in [-0.4, -0.2) is 34.1 Å². The van der Waals surface area contributed by atoms with Gasteiger partial charge in [0.05, 0.1) is 0 Å². The third-order valence-corrected chi connectivity index (χ3v) is 4.12. The average molecular weight is 291 g/mol. The molecule has 1 saturated heterocycles. The molecule has 1 N–H and O–H groups in total. The van der Waals surface area contributed by atoms with E-state index >= 15 is 0 Å². The molecule has 0 aromatic carbocycles. The van der Waals surface area contributed by atoms with Crippen molar-refractivity contribution in [2.45, 2.75) is 52.4 Å². The van der Waals surface area contributed by atoms with Crippen LogP contribution in [0.5, 0.6) is 0 Å². The normalized spacial score (nSPS) is 16.5. The largest absolute Gasteiger partial charge is 0.481 e. The summed E-state index contributed by atoms with van der Waals surface area (Å²) in [6.45, 7) is 8.14. The van der Waals surface area contributed by atoms with Crippen LogP contribution in [0.4, 0.5) is 5.95 Å². The van der Waals surface area contributed by atoms with E-state index in [2.05, 4.69) is 28.7 Å². The number of carbonyl (C=O) groups is 1. The van der Waals surface area contributed by atoms with Gasteiger partial charge < -0.3 is 10.0 Å². The molecule has 1 aliphatic rings. The molecule has 5 heteroatoms. The zero-order valence-electron chi connectivity index (χ0n) is 13.2. The number of aryl methyl sites for hydroxylation is 1. The molecule has 0 aliphatic carbocycles. The first kappa shape index (κ1) is 15.7. The van der Waals surface area contributed by atoms with Crippen LogP contribution in [0.3, 0.4) is 0 Å². The number of piperidine rings is 1. The van der Waals surface area contributed by atoms with Gasteiger partial charge in [0.1, 0.15) is 0 Å². The Morgan fingerprint density at radius 1 is 1.38 bits per heavy atom. The zero-order chi connectivity index (χ0) is 15.4. The highest BCUT2D eigenvalue weighted by atomic mass is 16.4. The summed E-state index contributed by atoms with van der Waals surface area (Å²) in [4.78, 5) is 22.1. The molecule has 1 aliphatic heterocycles. The lowest BCUT2D eigenvalue weighted by atomic mass is 9.92. The molecule has 21 heavy (non-hydrogen) atoms. The molecule has 116 valence electrons. The number of nitrogens with zero attached hydrogens (tertiary/aromatic N) is 3. The van der Waals surface area contributed by atoms with E-state index in [0.29, 0.717) is 11.8 Å². The molecule has 2 heterocycles. The molecule has 1 aromatic rings. The minimum atomic E-state index is -0.693. The number of rotatable bonds is 5. The molecule has 5 nitrogen and oxygen atoms in total. The zero-order valence-corrected chi connectivity index (χ0v) is 13.2. The van der Waals surface area contributed by atoms with E-state index in [9.17, 15) is 4.79 Å². The van der Waals surface area contributed by atoms with Crippen LogP contribution in [-0.2, 0) is 4.79 Å². The van der Waals surface area contributed by atoms with Gasteiger partial charge in [-0.15, -0.1) is 0 Å². The molecular weight excluding hydrogens is 266 g/mol. The van der Waals surface area contributed by atoms with Crippen LogP contribution < -0.4 is 4.90 Å². The van der Waals surface area contributed by atoms with E-state index in [1.54, 1.807) is 0 Å². The molecule has 0 bridgehead atoms. The summed E-state index contributed by atoms with van der Waals surface area (Å²) in [5.41, 5.74) is 2.10. The Hall–Kier alpha value is -1.65. The van der Waals surface area contributed by atoms with Gasteiger partial charge in [-0.25, -0.2) is 9.97 Å². The second-order valence-electron chi connectivity index (χ2n) is 6.25. The van der Waals surface area contributed by atoms with Crippen LogP contribution in [0.1, 0.15) is 56.8 Å². The van der Waals surface area contributed by atoms with Crippen molar-refractivity contribution in [1.82, 2.24) is 9.97 Å². The first-order valence-corrected chi connectivity index (χ1v) is 7.78. The van der Waals surface area contributed by atoms with Gasteiger partial charge in [-0.1, -0.05) is 13.8 Å². The molecular formula is C16H25N3O2. The van der Waals surface area contributed by atoms with E-state index in [4.69, 9.17) is 5.11 Å². The van der Waals surface area contributed by atoms with E-state index in [0.717, 1.165) is 49.7 Å². The van der Waals surface area contributed by atoms with Crippen molar-refractivity contribution in [3.05, 3.63) is 17.5 Å². The second kappa shape index (κ2) is 6.87. The summed E-state index contributed by atoms with van der Waals surface area (Å²) in [6.07, 6.45) is 3.13. The molecule has 0 unspecified atom stereocenters. The summed E-state index contributed by atoms with van der Waals surface area (Å²) >= 11 is 0. The number of aromatic nitrogens is 2. The quantitative estimate of drug-likeness (QED) is 0.903. The Kier molecular flexibility index (Phi) is 5.15. The Morgan fingerprint density at radius 2 is 2.05 bits per heavy atom. The predicted octanol–water partition coefficient (Wildman–Crippen LogP) is 2.99. The van der Waals surface area contributed by atoms with E-state index in [-0.39, 0.29) is 6.42 Å². The highest BCUT2D eigenvalue weighted by Gasteiger charge is 2.22. The van der Waals surface area contributed by atoms with Crippen LogP contribution in [0.25, 0.3) is 0 Å². The fourth-order valence-electron chi connectivity index (χ4n) is 2.76. The molecule has 0 saturated carbocycles. The Morgan fingerprint density at radius 3 is 2.62 bits per heavy atom. The smallest absolute Gasteiger partial charge is 0.303 e. The third-order valence-electron chi connectivity index (χ3n) is 4.12. The van der Waals surface area contributed by atoms with Crippen molar-refractivity contribution in [3.8, 4) is 0 Å². The van der Waals surface area contributed by atoms with Gasteiger partial charge in [-0.3, -0.25) is 4.79 Å². The molecule has 0 radical (unpaired) electrons. The van der Waals surface area contributed by atoms with Crippen molar-refractivity contribution < 1.29 is 9.90 Å². The van der Waals surface area contributed by atoms with Crippen LogP contribution in [0, 0.1) is 12.8 Å². The molecule has 0 spiro atoms. The number of hydrogen-bond donors (Lipinski definition) is 1. The summed E-state index contributed by atoms with van der Waals surface area (Å²) in [6, 6.07) is 2.05. The predicted molar refractivity (Wildman–Crippen MR) is 82.7 cm³/mol. The number of carboxylic acid groups (broad SMARTS) is 1. The van der Waals surface area contributed by atoms with Gasteiger partial charge in [0.25, 0.3) is 0 Å². The van der Waals surface area contributed by atoms with Gasteiger partial charge in [-0.2, -0.15) is 0 Å². The van der Waals surface area contributed by atoms with Crippen molar-refractivity contribution in [1.29, 1.82) is 0 Å². The third kappa shape index (κ3) is 4.41. The molecule has 0 atom stereocenters. The first-order valence-electron chi connectivity index (χ1n) is 7.78. The van der Waals surface area contributed by atoms with E-state index < -0.39 is 5.97 Å². The summed E-state index contributed by atoms with van der Waals surface area (Å²) in [5, 5.41) is 8.76. The van der Waals surface area contributed by atoms with Gasteiger partial charge in [0, 0.05) is 30.9 Å². The maximum absolute atomic E-state index is 10.6. The number of anilines is 1. The maximum Gasteiger partial charge on any atom is 0.303 e. The monoisotopic (exact) mass is 291 g/mol. The first-order chi connectivity index (χ1) is 9.95. The Balaban J connectivity index is 1.97. The van der Waals surface area contributed by atoms with Gasteiger partial charge in [-0.05, 0) is 44.1 Å². The average Bonchev–Trinajstić information content (AvgIpc) is 2.45. The Labute approximate surface area is 126 Å². The number of aliphatic carboxylic acids is 1. The van der Waals surface area contributed by atoms with Crippen molar-refractivity contribution in [3.63, 3.8) is 0 Å². The number of hydrogen-bond acceptors (Lipinski definition) is 4. The van der Waals surface area contributed by atoms with Crippen molar-refractivity contribution in [2.75, 3.05) is 18.0 Å². The van der Waals surface area contributed by atoms with Crippen molar-refractivity contribution >= 4 is 11.9 Å². The standard InChI is InChI=1S/C16H25N3O2/c1-11(2)14-10-12(3)17-16(18-14)19-8-6-13(7-9-19)4-5-15(20)21/h10-11,13H,4-9H2,1-3H3,(H,20,21). The SMILES string of the molecule is Cc1cc(C(C)C)nc(N2CCC(CCC(=O)O)CC2)n1. The van der Waals surface area contributed by atoms with Gasteiger partial charge >= 0.3 is 5.97 Å². The molecule has 1 aromatic heterocycles. The summed E-state index contributed by atoms with van der Waals surface area (Å²) in [5.74, 6) is 1.06. The molecule has 0 amide bonds. The molecule has 2 rings (SSSR count). The lowest BCUT2D eigenvalue weighted by Crippen LogP contribution is -2.35. The van der Waals surface area contributed by atoms with E-state index in [1.807, 2.05) is 13.0 Å². The fourth-order valence-corrected chi connectivity index (χ4v) is 2.76. The van der Waals surface area contributed by atoms with Gasteiger partial charge in [0.2, 0.25) is 5.95 Å². The number of carboxylic acids is 1. The maximum atomic E-state index is 10.6. The minimum Gasteiger partial charge on any atom is -0.481 e. The van der Waals surface area contributed by atoms with Crippen LogP contribution >= 0.6 is 0 Å². The Bertz CT molecular complexity index is 494. The second-order valence-corrected chi connectivity index (χ2v) is 6.25. The highest BCUT2D eigenvalue weighted by molar-refractivity contribution is 5.66.